The van der Waals surface area contributed by atoms with E-state index >= 15 is 0 Å². The molecule has 2 rings (SSSR count). The number of aromatic nitrogens is 2. The Balaban J connectivity index is 2.60. The fourth-order valence-corrected chi connectivity index (χ4v) is 2.27. The number of hydrogen-bond acceptors (Lipinski definition) is 4. The monoisotopic (exact) mass is 257 g/mol. The molecule has 0 aliphatic heterocycles. The predicted molar refractivity (Wildman–Crippen MR) is 77.1 cm³/mol. The Bertz CT molecular complexity index is 589. The molecule has 0 radical (unpaired) electrons. The van der Waals surface area contributed by atoms with Crippen LogP contribution in [0.15, 0.2) is 12.1 Å². The van der Waals surface area contributed by atoms with Gasteiger partial charge in [0.05, 0.1) is 0 Å². The number of hydrogen-bond donors (Lipinski definition) is 2. The third-order valence-corrected chi connectivity index (χ3v) is 3.35. The largest absolute Gasteiger partial charge is 0.507 e. The zero-order valence-corrected chi connectivity index (χ0v) is 11.8. The molecule has 4 heteroatoms. The summed E-state index contributed by atoms with van der Waals surface area (Å²) in [5, 5.41) is 9.80. The highest BCUT2D eigenvalue weighted by molar-refractivity contribution is 5.63. The summed E-state index contributed by atoms with van der Waals surface area (Å²) in [6.45, 7) is 7.71. The zero-order chi connectivity index (χ0) is 14.2. The Morgan fingerprint density at radius 1 is 1.11 bits per heavy atom. The number of phenolic OH excluding ortho intramolecular Hbond substituents is 1. The first-order valence-electron chi connectivity index (χ1n) is 6.37. The molecule has 0 aliphatic carbocycles. The minimum absolute atomic E-state index is 0.318. The van der Waals surface area contributed by atoms with Gasteiger partial charge in [-0.15, -0.1) is 0 Å². The number of nitrogen functional groups attached to an aromatic ring is 1. The molecule has 19 heavy (non-hydrogen) atoms. The van der Waals surface area contributed by atoms with Gasteiger partial charge in [-0.05, 0) is 50.5 Å². The Morgan fingerprint density at radius 2 is 1.68 bits per heavy atom. The van der Waals surface area contributed by atoms with E-state index in [0.717, 1.165) is 34.4 Å². The van der Waals surface area contributed by atoms with Crippen LogP contribution in [-0.2, 0) is 6.42 Å². The average molecular weight is 257 g/mol. The van der Waals surface area contributed by atoms with E-state index < -0.39 is 0 Å². The van der Waals surface area contributed by atoms with Crippen molar-refractivity contribution in [3.05, 3.63) is 34.5 Å². The van der Waals surface area contributed by atoms with Gasteiger partial charge in [0.2, 0.25) is 0 Å². The number of rotatable bonds is 2. The summed E-state index contributed by atoms with van der Waals surface area (Å²) in [5.74, 6) is 1.46. The maximum Gasteiger partial charge on any atom is 0.161 e. The number of benzene rings is 1. The van der Waals surface area contributed by atoms with Crippen LogP contribution in [0.4, 0.5) is 5.82 Å². The number of aryl methyl sites for hydroxylation is 3. The summed E-state index contributed by atoms with van der Waals surface area (Å²) in [7, 11) is 0. The van der Waals surface area contributed by atoms with E-state index in [1.807, 2.05) is 39.8 Å². The summed E-state index contributed by atoms with van der Waals surface area (Å²) >= 11 is 0. The molecule has 0 aliphatic rings. The number of nitrogens with zero attached hydrogens (tertiary/aromatic N) is 2. The molecule has 0 saturated carbocycles. The average Bonchev–Trinajstić information content (AvgIpc) is 2.35. The molecule has 0 amide bonds. The van der Waals surface area contributed by atoms with Crippen LogP contribution in [-0.4, -0.2) is 15.1 Å². The summed E-state index contributed by atoms with van der Waals surface area (Å²) in [6.07, 6.45) is 0.825. The first-order chi connectivity index (χ1) is 8.93. The Morgan fingerprint density at radius 3 is 2.16 bits per heavy atom. The standard InChI is InChI=1S/C15H19N3O/c1-5-12-10(4)17-15(18-14(12)16)11-6-8(2)13(19)9(3)7-11/h6-7,19H,5H2,1-4H3,(H2,16,17,18). The van der Waals surface area contributed by atoms with E-state index in [9.17, 15) is 5.11 Å². The fraction of sp³-hybridized carbons (Fsp3) is 0.333. The van der Waals surface area contributed by atoms with Crippen LogP contribution in [0.3, 0.4) is 0 Å². The molecule has 0 atom stereocenters. The van der Waals surface area contributed by atoms with Gasteiger partial charge in [-0.3, -0.25) is 0 Å². The van der Waals surface area contributed by atoms with Crippen molar-refractivity contribution in [2.75, 3.05) is 5.73 Å². The van der Waals surface area contributed by atoms with Crippen molar-refractivity contribution in [3.8, 4) is 17.1 Å². The summed E-state index contributed by atoms with van der Waals surface area (Å²) in [4.78, 5) is 8.89. The van der Waals surface area contributed by atoms with Gasteiger partial charge in [0.1, 0.15) is 11.6 Å². The molecule has 3 N–H and O–H groups in total. The van der Waals surface area contributed by atoms with Crippen molar-refractivity contribution in [2.24, 2.45) is 0 Å². The van der Waals surface area contributed by atoms with E-state index in [0.29, 0.717) is 17.4 Å². The van der Waals surface area contributed by atoms with Crippen molar-refractivity contribution >= 4 is 5.82 Å². The van der Waals surface area contributed by atoms with Gasteiger partial charge < -0.3 is 10.8 Å². The Labute approximate surface area is 113 Å². The molecule has 0 unspecified atom stereocenters. The second kappa shape index (κ2) is 4.88. The Kier molecular flexibility index (Phi) is 3.42. The minimum Gasteiger partial charge on any atom is -0.507 e. The van der Waals surface area contributed by atoms with Gasteiger partial charge in [-0.2, -0.15) is 0 Å². The molecule has 1 aromatic carbocycles. The maximum absolute atomic E-state index is 9.80. The van der Waals surface area contributed by atoms with Gasteiger partial charge in [0.25, 0.3) is 0 Å². The zero-order valence-electron chi connectivity index (χ0n) is 11.8. The van der Waals surface area contributed by atoms with Crippen molar-refractivity contribution in [3.63, 3.8) is 0 Å². The predicted octanol–water partition coefficient (Wildman–Crippen LogP) is 2.92. The summed E-state index contributed by atoms with van der Waals surface area (Å²) in [5.41, 5.74) is 10.4. The van der Waals surface area contributed by atoms with E-state index in [-0.39, 0.29) is 0 Å². The highest BCUT2D eigenvalue weighted by Gasteiger charge is 2.11. The fourth-order valence-electron chi connectivity index (χ4n) is 2.27. The van der Waals surface area contributed by atoms with Gasteiger partial charge in [0, 0.05) is 16.8 Å². The topological polar surface area (TPSA) is 72.0 Å². The minimum atomic E-state index is 0.318. The smallest absolute Gasteiger partial charge is 0.161 e. The lowest BCUT2D eigenvalue weighted by Gasteiger charge is -2.11. The van der Waals surface area contributed by atoms with E-state index in [2.05, 4.69) is 9.97 Å². The lowest BCUT2D eigenvalue weighted by molar-refractivity contribution is 0.467. The third kappa shape index (κ3) is 2.38. The first-order valence-corrected chi connectivity index (χ1v) is 6.37. The molecular formula is C15H19N3O. The molecule has 1 heterocycles. The molecule has 100 valence electrons. The van der Waals surface area contributed by atoms with Gasteiger partial charge in [-0.1, -0.05) is 6.92 Å². The number of anilines is 1. The van der Waals surface area contributed by atoms with Gasteiger partial charge in [-0.25, -0.2) is 9.97 Å². The molecule has 0 bridgehead atoms. The highest BCUT2D eigenvalue weighted by Crippen LogP contribution is 2.28. The van der Waals surface area contributed by atoms with Gasteiger partial charge in [0.15, 0.2) is 5.82 Å². The number of phenols is 1. The van der Waals surface area contributed by atoms with Crippen molar-refractivity contribution in [1.82, 2.24) is 9.97 Å². The first kappa shape index (κ1) is 13.3. The van der Waals surface area contributed by atoms with Crippen molar-refractivity contribution in [2.45, 2.75) is 34.1 Å². The second-order valence-electron chi connectivity index (χ2n) is 4.81. The molecule has 0 spiro atoms. The van der Waals surface area contributed by atoms with Crippen LogP contribution in [0, 0.1) is 20.8 Å². The van der Waals surface area contributed by atoms with Crippen LogP contribution in [0.2, 0.25) is 0 Å². The molecule has 2 aromatic rings. The lowest BCUT2D eigenvalue weighted by Crippen LogP contribution is -2.04. The summed E-state index contributed by atoms with van der Waals surface area (Å²) in [6, 6.07) is 3.75. The lowest BCUT2D eigenvalue weighted by atomic mass is 10.0. The SMILES string of the molecule is CCc1c(C)nc(-c2cc(C)c(O)c(C)c2)nc1N. The number of nitrogens with two attached hydrogens (primary N) is 1. The van der Waals surface area contributed by atoms with E-state index in [1.165, 1.54) is 0 Å². The van der Waals surface area contributed by atoms with Crippen LogP contribution in [0.5, 0.6) is 5.75 Å². The molecule has 1 aromatic heterocycles. The molecule has 4 nitrogen and oxygen atoms in total. The van der Waals surface area contributed by atoms with Crippen molar-refractivity contribution in [1.29, 1.82) is 0 Å². The van der Waals surface area contributed by atoms with Crippen molar-refractivity contribution < 1.29 is 5.11 Å². The van der Waals surface area contributed by atoms with E-state index in [4.69, 9.17) is 5.73 Å². The number of aromatic hydroxyl groups is 1. The Hall–Kier alpha value is -2.10. The van der Waals surface area contributed by atoms with Crippen LogP contribution >= 0.6 is 0 Å². The van der Waals surface area contributed by atoms with Crippen LogP contribution in [0.25, 0.3) is 11.4 Å². The molecule has 0 fully saturated rings. The second-order valence-corrected chi connectivity index (χ2v) is 4.81. The highest BCUT2D eigenvalue weighted by atomic mass is 16.3. The summed E-state index contributed by atoms with van der Waals surface area (Å²) < 4.78 is 0. The van der Waals surface area contributed by atoms with Crippen LogP contribution in [0.1, 0.15) is 29.3 Å². The van der Waals surface area contributed by atoms with Gasteiger partial charge >= 0.3 is 0 Å². The van der Waals surface area contributed by atoms with Crippen LogP contribution < -0.4 is 5.73 Å². The normalized spacial score (nSPS) is 10.7. The molecular weight excluding hydrogens is 238 g/mol. The van der Waals surface area contributed by atoms with E-state index in [1.54, 1.807) is 0 Å². The third-order valence-electron chi connectivity index (χ3n) is 3.35. The maximum atomic E-state index is 9.80. The quantitative estimate of drug-likeness (QED) is 0.867. The molecule has 0 saturated heterocycles.